The highest BCUT2D eigenvalue weighted by atomic mass is 35.5. The zero-order valence-electron chi connectivity index (χ0n) is 13.3. The Morgan fingerprint density at radius 3 is 2.33 bits per heavy atom. The molecule has 0 aliphatic carbocycles. The minimum absolute atomic E-state index is 0.0578. The number of nitrogens with one attached hydrogen (secondary N) is 1. The van der Waals surface area contributed by atoms with Gasteiger partial charge in [-0.05, 0) is 43.9 Å². The van der Waals surface area contributed by atoms with Gasteiger partial charge in [-0.1, -0.05) is 23.2 Å². The van der Waals surface area contributed by atoms with E-state index < -0.39 is 0 Å². The monoisotopic (exact) mass is 370 g/mol. The topological polar surface area (TPSA) is 58.6 Å². The Labute approximate surface area is 151 Å². The summed E-state index contributed by atoms with van der Waals surface area (Å²) in [4.78, 5) is 26.5. The second-order valence-corrected chi connectivity index (χ2v) is 7.12. The highest BCUT2D eigenvalue weighted by Gasteiger charge is 2.32. The van der Waals surface area contributed by atoms with Crippen molar-refractivity contribution in [1.82, 2.24) is 4.90 Å². The highest BCUT2D eigenvalue weighted by Crippen LogP contribution is 2.25. The molecule has 2 heterocycles. The van der Waals surface area contributed by atoms with Gasteiger partial charge in [-0.2, -0.15) is 0 Å². The van der Waals surface area contributed by atoms with Crippen LogP contribution in [0.25, 0.3) is 0 Å². The Morgan fingerprint density at radius 1 is 1.08 bits per heavy atom. The van der Waals surface area contributed by atoms with E-state index in [1.165, 1.54) is 0 Å². The third-order valence-electron chi connectivity index (χ3n) is 4.51. The largest absolute Gasteiger partial charge is 0.368 e. The fourth-order valence-electron chi connectivity index (χ4n) is 3.21. The predicted molar refractivity (Wildman–Crippen MR) is 93.4 cm³/mol. The molecule has 0 bridgehead atoms. The molecule has 130 valence electrons. The lowest BCUT2D eigenvalue weighted by molar-refractivity contribution is -0.143. The molecule has 1 N–H and O–H groups in total. The summed E-state index contributed by atoms with van der Waals surface area (Å²) >= 11 is 11.9. The molecule has 0 spiro atoms. The molecule has 0 aromatic heterocycles. The number of ether oxygens (including phenoxy) is 1. The van der Waals surface area contributed by atoms with E-state index in [1.807, 2.05) is 4.90 Å². The summed E-state index contributed by atoms with van der Waals surface area (Å²) in [6.45, 7) is 1.84. The van der Waals surface area contributed by atoms with Crippen LogP contribution < -0.4 is 5.32 Å². The third-order valence-corrected chi connectivity index (χ3v) is 4.95. The molecule has 0 saturated carbocycles. The van der Waals surface area contributed by atoms with Gasteiger partial charge in [-0.15, -0.1) is 0 Å². The summed E-state index contributed by atoms with van der Waals surface area (Å²) in [6, 6.07) is 4.96. The molecule has 2 fully saturated rings. The van der Waals surface area contributed by atoms with Crippen LogP contribution >= 0.6 is 23.2 Å². The van der Waals surface area contributed by atoms with Crippen molar-refractivity contribution in [3.63, 3.8) is 0 Å². The Hall–Kier alpha value is -1.30. The number of amides is 2. The van der Waals surface area contributed by atoms with E-state index in [4.69, 9.17) is 27.9 Å². The van der Waals surface area contributed by atoms with E-state index in [1.54, 1.807) is 18.2 Å². The van der Waals surface area contributed by atoms with E-state index in [9.17, 15) is 9.59 Å². The number of benzene rings is 1. The van der Waals surface area contributed by atoms with Crippen molar-refractivity contribution in [2.75, 3.05) is 25.0 Å². The van der Waals surface area contributed by atoms with Crippen molar-refractivity contribution in [2.24, 2.45) is 5.92 Å². The Kier molecular flexibility index (Phi) is 5.64. The van der Waals surface area contributed by atoms with E-state index in [0.717, 1.165) is 12.8 Å². The Balaban J connectivity index is 1.52. The van der Waals surface area contributed by atoms with Crippen LogP contribution in [-0.2, 0) is 14.3 Å². The summed E-state index contributed by atoms with van der Waals surface area (Å²) in [7, 11) is 0. The van der Waals surface area contributed by atoms with Crippen molar-refractivity contribution < 1.29 is 14.3 Å². The fourth-order valence-corrected chi connectivity index (χ4v) is 3.73. The standard InChI is InChI=1S/C17H20Cl2N2O3/c18-12-8-13(19)10-14(9-12)20-16(22)11-3-5-21(6-4-11)17(23)15-2-1-7-24-15/h8-11,15H,1-7H2,(H,20,22). The number of anilines is 1. The molecule has 7 heteroatoms. The van der Waals surface area contributed by atoms with Gasteiger partial charge in [0.25, 0.3) is 5.91 Å². The lowest BCUT2D eigenvalue weighted by Crippen LogP contribution is -2.45. The van der Waals surface area contributed by atoms with Crippen LogP contribution in [0.3, 0.4) is 0 Å². The maximum Gasteiger partial charge on any atom is 0.251 e. The molecular formula is C17H20Cl2N2O3. The number of carbonyl (C=O) groups excluding carboxylic acids is 2. The van der Waals surface area contributed by atoms with Crippen molar-refractivity contribution in [1.29, 1.82) is 0 Å². The molecule has 0 radical (unpaired) electrons. The number of hydrogen-bond donors (Lipinski definition) is 1. The molecular weight excluding hydrogens is 351 g/mol. The zero-order valence-corrected chi connectivity index (χ0v) is 14.8. The van der Waals surface area contributed by atoms with Gasteiger partial charge in [0.15, 0.2) is 0 Å². The number of likely N-dealkylation sites (tertiary alicyclic amines) is 1. The lowest BCUT2D eigenvalue weighted by atomic mass is 9.95. The molecule has 5 nitrogen and oxygen atoms in total. The van der Waals surface area contributed by atoms with Gasteiger partial charge in [0, 0.05) is 41.3 Å². The van der Waals surface area contributed by atoms with Gasteiger partial charge < -0.3 is 15.0 Å². The highest BCUT2D eigenvalue weighted by molar-refractivity contribution is 6.35. The van der Waals surface area contributed by atoms with Gasteiger partial charge in [0.1, 0.15) is 6.10 Å². The van der Waals surface area contributed by atoms with Crippen LogP contribution in [0.2, 0.25) is 10.0 Å². The molecule has 1 unspecified atom stereocenters. The van der Waals surface area contributed by atoms with E-state index in [-0.39, 0.29) is 23.8 Å². The molecule has 1 aromatic carbocycles. The maximum atomic E-state index is 12.4. The number of halogens is 2. The molecule has 2 aliphatic heterocycles. The minimum atomic E-state index is -0.288. The van der Waals surface area contributed by atoms with Gasteiger partial charge in [-0.3, -0.25) is 9.59 Å². The van der Waals surface area contributed by atoms with Gasteiger partial charge in [0.05, 0.1) is 0 Å². The molecule has 2 saturated heterocycles. The van der Waals surface area contributed by atoms with E-state index in [0.29, 0.717) is 48.3 Å². The van der Waals surface area contributed by atoms with Crippen molar-refractivity contribution >= 4 is 40.7 Å². The number of hydrogen-bond acceptors (Lipinski definition) is 3. The zero-order chi connectivity index (χ0) is 17.1. The number of carbonyl (C=O) groups is 2. The van der Waals surface area contributed by atoms with Gasteiger partial charge >= 0.3 is 0 Å². The van der Waals surface area contributed by atoms with Crippen molar-refractivity contribution in [3.8, 4) is 0 Å². The predicted octanol–water partition coefficient (Wildman–Crippen LogP) is 3.35. The number of rotatable bonds is 3. The van der Waals surface area contributed by atoms with E-state index >= 15 is 0 Å². The van der Waals surface area contributed by atoms with Crippen LogP contribution in [0.4, 0.5) is 5.69 Å². The average molecular weight is 371 g/mol. The summed E-state index contributed by atoms with van der Waals surface area (Å²) in [5, 5.41) is 3.82. The van der Waals surface area contributed by atoms with Crippen molar-refractivity contribution in [3.05, 3.63) is 28.2 Å². The van der Waals surface area contributed by atoms with Crippen LogP contribution in [-0.4, -0.2) is 42.5 Å². The number of piperidine rings is 1. The summed E-state index contributed by atoms with van der Waals surface area (Å²) in [5.41, 5.74) is 0.593. The van der Waals surface area contributed by atoms with E-state index in [2.05, 4.69) is 5.32 Å². The van der Waals surface area contributed by atoms with Crippen LogP contribution in [0.1, 0.15) is 25.7 Å². The first-order valence-corrected chi connectivity index (χ1v) is 8.96. The summed E-state index contributed by atoms with van der Waals surface area (Å²) in [5.74, 6) is -0.109. The van der Waals surface area contributed by atoms with Gasteiger partial charge in [-0.25, -0.2) is 0 Å². The Morgan fingerprint density at radius 2 is 1.75 bits per heavy atom. The maximum absolute atomic E-state index is 12.4. The average Bonchev–Trinajstić information content (AvgIpc) is 3.07. The first-order chi connectivity index (χ1) is 11.5. The first kappa shape index (κ1) is 17.5. The second-order valence-electron chi connectivity index (χ2n) is 6.25. The van der Waals surface area contributed by atoms with Crippen molar-refractivity contribution in [2.45, 2.75) is 31.8 Å². The normalized spacial score (nSPS) is 21.8. The third kappa shape index (κ3) is 4.21. The molecule has 24 heavy (non-hydrogen) atoms. The minimum Gasteiger partial charge on any atom is -0.368 e. The second kappa shape index (κ2) is 7.72. The smallest absolute Gasteiger partial charge is 0.251 e. The summed E-state index contributed by atoms with van der Waals surface area (Å²) < 4.78 is 5.45. The SMILES string of the molecule is O=C(Nc1cc(Cl)cc(Cl)c1)C1CCN(C(=O)C2CCCO2)CC1. The molecule has 1 aromatic rings. The number of nitrogens with zero attached hydrogens (tertiary/aromatic N) is 1. The lowest BCUT2D eigenvalue weighted by Gasteiger charge is -2.32. The fraction of sp³-hybridized carbons (Fsp3) is 0.529. The van der Waals surface area contributed by atoms with Crippen LogP contribution in [0, 0.1) is 5.92 Å². The Bertz CT molecular complexity index is 604. The van der Waals surface area contributed by atoms with Crippen LogP contribution in [0.5, 0.6) is 0 Å². The molecule has 1 atom stereocenters. The molecule has 2 aliphatic rings. The quantitative estimate of drug-likeness (QED) is 0.887. The summed E-state index contributed by atoms with van der Waals surface area (Å²) in [6.07, 6.45) is 2.76. The molecule has 3 rings (SSSR count). The molecule has 2 amide bonds. The van der Waals surface area contributed by atoms with Gasteiger partial charge in [0.2, 0.25) is 5.91 Å². The van der Waals surface area contributed by atoms with Crippen LogP contribution in [0.15, 0.2) is 18.2 Å². The first-order valence-electron chi connectivity index (χ1n) is 8.20.